The van der Waals surface area contributed by atoms with E-state index in [1.807, 2.05) is 6.92 Å². The summed E-state index contributed by atoms with van der Waals surface area (Å²) >= 11 is 0. The number of pyridine rings is 1. The Labute approximate surface area is 120 Å². The average molecular weight is 282 g/mol. The predicted molar refractivity (Wildman–Crippen MR) is 80.0 cm³/mol. The molecule has 2 aromatic heterocycles. The standard InChI is InChI=1S/C15H14N4O2/c1-8-2-3-9(20)6-10(8)11-7-19-5-4-18-15(19)12(13(11)16)14(17)21/h2-7,20H,16H2,1H3,(H2,17,21). The number of benzene rings is 1. The number of primary amides is 1. The number of carbonyl (C=O) groups is 1. The molecule has 3 rings (SSSR count). The van der Waals surface area contributed by atoms with Gasteiger partial charge >= 0.3 is 0 Å². The Morgan fingerprint density at radius 3 is 2.81 bits per heavy atom. The molecule has 0 atom stereocenters. The Morgan fingerprint density at radius 1 is 1.33 bits per heavy atom. The topological polar surface area (TPSA) is 107 Å². The molecule has 106 valence electrons. The Kier molecular flexibility index (Phi) is 2.79. The first-order valence-corrected chi connectivity index (χ1v) is 6.34. The minimum Gasteiger partial charge on any atom is -0.508 e. The average Bonchev–Trinajstić information content (AvgIpc) is 2.88. The molecule has 0 saturated heterocycles. The quantitative estimate of drug-likeness (QED) is 0.665. The van der Waals surface area contributed by atoms with Gasteiger partial charge in [0.05, 0.1) is 5.69 Å². The highest BCUT2D eigenvalue weighted by atomic mass is 16.3. The summed E-state index contributed by atoms with van der Waals surface area (Å²) in [5.41, 5.74) is 14.7. The lowest BCUT2D eigenvalue weighted by molar-refractivity contribution is 0.100. The fourth-order valence-electron chi connectivity index (χ4n) is 2.43. The number of nitrogens with two attached hydrogens (primary N) is 2. The van der Waals surface area contributed by atoms with E-state index >= 15 is 0 Å². The number of rotatable bonds is 2. The number of nitrogen functional groups attached to an aromatic ring is 1. The molecule has 0 saturated carbocycles. The van der Waals surface area contributed by atoms with E-state index in [0.717, 1.165) is 11.1 Å². The lowest BCUT2D eigenvalue weighted by atomic mass is 9.98. The van der Waals surface area contributed by atoms with Crippen molar-refractivity contribution in [2.24, 2.45) is 5.73 Å². The summed E-state index contributed by atoms with van der Waals surface area (Å²) in [5, 5.41) is 9.69. The normalized spacial score (nSPS) is 10.9. The summed E-state index contributed by atoms with van der Waals surface area (Å²) in [4.78, 5) is 15.8. The van der Waals surface area contributed by atoms with Crippen LogP contribution in [-0.2, 0) is 0 Å². The first-order valence-electron chi connectivity index (χ1n) is 6.34. The molecule has 0 aliphatic rings. The fraction of sp³-hybridized carbons (Fsp3) is 0.0667. The highest BCUT2D eigenvalue weighted by molar-refractivity contribution is 6.07. The van der Waals surface area contributed by atoms with E-state index in [4.69, 9.17) is 11.5 Å². The molecule has 1 aromatic carbocycles. The summed E-state index contributed by atoms with van der Waals surface area (Å²) < 4.78 is 1.69. The van der Waals surface area contributed by atoms with Gasteiger partial charge in [0.2, 0.25) is 0 Å². The van der Waals surface area contributed by atoms with Gasteiger partial charge in [-0.25, -0.2) is 4.98 Å². The first kappa shape index (κ1) is 13.0. The van der Waals surface area contributed by atoms with E-state index in [1.54, 1.807) is 41.2 Å². The lowest BCUT2D eigenvalue weighted by Crippen LogP contribution is -2.16. The summed E-state index contributed by atoms with van der Waals surface area (Å²) in [6, 6.07) is 4.99. The number of aromatic hydroxyl groups is 1. The van der Waals surface area contributed by atoms with Gasteiger partial charge in [0.1, 0.15) is 11.3 Å². The van der Waals surface area contributed by atoms with Crippen molar-refractivity contribution in [1.82, 2.24) is 9.38 Å². The van der Waals surface area contributed by atoms with Crippen molar-refractivity contribution in [2.45, 2.75) is 6.92 Å². The molecule has 0 spiro atoms. The van der Waals surface area contributed by atoms with Gasteiger partial charge in [-0.05, 0) is 30.2 Å². The number of hydrogen-bond donors (Lipinski definition) is 3. The second-order valence-electron chi connectivity index (χ2n) is 4.85. The summed E-state index contributed by atoms with van der Waals surface area (Å²) in [6.45, 7) is 1.90. The molecular formula is C15H14N4O2. The van der Waals surface area contributed by atoms with Crippen LogP contribution in [0.5, 0.6) is 5.75 Å². The maximum absolute atomic E-state index is 11.7. The molecule has 2 heterocycles. The smallest absolute Gasteiger partial charge is 0.254 e. The number of fused-ring (bicyclic) bond motifs is 1. The number of aromatic nitrogens is 2. The molecule has 5 N–H and O–H groups in total. The Balaban J connectivity index is 2.40. The zero-order valence-corrected chi connectivity index (χ0v) is 11.4. The number of carbonyl (C=O) groups excluding carboxylic acids is 1. The van der Waals surface area contributed by atoms with Crippen LogP contribution in [0.25, 0.3) is 16.8 Å². The van der Waals surface area contributed by atoms with Crippen LogP contribution in [0, 0.1) is 6.92 Å². The highest BCUT2D eigenvalue weighted by Gasteiger charge is 2.18. The van der Waals surface area contributed by atoms with Crippen molar-refractivity contribution in [3.63, 3.8) is 0 Å². The molecule has 0 radical (unpaired) electrons. The van der Waals surface area contributed by atoms with Gasteiger partial charge in [0, 0.05) is 24.2 Å². The number of phenols is 1. The fourth-order valence-corrected chi connectivity index (χ4v) is 2.43. The number of phenolic OH excluding ortho intramolecular Hbond substituents is 1. The lowest BCUT2D eigenvalue weighted by Gasteiger charge is -2.13. The van der Waals surface area contributed by atoms with Gasteiger partial charge in [-0.2, -0.15) is 0 Å². The molecule has 6 heteroatoms. The summed E-state index contributed by atoms with van der Waals surface area (Å²) in [6.07, 6.45) is 5.05. The number of nitrogens with zero attached hydrogens (tertiary/aromatic N) is 2. The second-order valence-corrected chi connectivity index (χ2v) is 4.85. The molecule has 0 fully saturated rings. The second kappa shape index (κ2) is 4.52. The van der Waals surface area contributed by atoms with E-state index in [2.05, 4.69) is 4.98 Å². The van der Waals surface area contributed by atoms with Crippen molar-refractivity contribution in [3.8, 4) is 16.9 Å². The van der Waals surface area contributed by atoms with Gasteiger partial charge < -0.3 is 21.0 Å². The summed E-state index contributed by atoms with van der Waals surface area (Å²) in [7, 11) is 0. The Morgan fingerprint density at radius 2 is 2.10 bits per heavy atom. The van der Waals surface area contributed by atoms with Crippen LogP contribution >= 0.6 is 0 Å². The molecule has 0 unspecified atom stereocenters. The molecular weight excluding hydrogens is 268 g/mol. The number of imidazole rings is 1. The molecule has 0 aliphatic heterocycles. The van der Waals surface area contributed by atoms with E-state index in [0.29, 0.717) is 11.2 Å². The predicted octanol–water partition coefficient (Wildman–Crippen LogP) is 1.70. The first-order chi connectivity index (χ1) is 9.99. The maximum atomic E-state index is 11.7. The van der Waals surface area contributed by atoms with E-state index in [9.17, 15) is 9.90 Å². The van der Waals surface area contributed by atoms with E-state index in [-0.39, 0.29) is 17.0 Å². The third kappa shape index (κ3) is 1.97. The van der Waals surface area contributed by atoms with Crippen LogP contribution in [0.4, 0.5) is 5.69 Å². The van der Waals surface area contributed by atoms with Gasteiger partial charge in [-0.15, -0.1) is 0 Å². The van der Waals surface area contributed by atoms with Gasteiger partial charge in [0.15, 0.2) is 5.65 Å². The third-order valence-corrected chi connectivity index (χ3v) is 3.48. The van der Waals surface area contributed by atoms with Crippen LogP contribution in [0.15, 0.2) is 36.8 Å². The molecule has 3 aromatic rings. The van der Waals surface area contributed by atoms with Crippen molar-refractivity contribution >= 4 is 17.2 Å². The van der Waals surface area contributed by atoms with Crippen LogP contribution in [0.1, 0.15) is 15.9 Å². The van der Waals surface area contributed by atoms with Crippen molar-refractivity contribution in [3.05, 3.63) is 47.9 Å². The number of anilines is 1. The molecule has 6 nitrogen and oxygen atoms in total. The highest BCUT2D eigenvalue weighted by Crippen LogP contribution is 2.34. The zero-order chi connectivity index (χ0) is 15.1. The Hall–Kier alpha value is -3.02. The monoisotopic (exact) mass is 282 g/mol. The Bertz CT molecular complexity index is 867. The minimum absolute atomic E-state index is 0.126. The molecule has 0 bridgehead atoms. The molecule has 0 aliphatic carbocycles. The van der Waals surface area contributed by atoms with Crippen LogP contribution < -0.4 is 11.5 Å². The van der Waals surface area contributed by atoms with E-state index in [1.165, 1.54) is 0 Å². The van der Waals surface area contributed by atoms with Crippen molar-refractivity contribution in [2.75, 3.05) is 5.73 Å². The third-order valence-electron chi connectivity index (χ3n) is 3.48. The largest absolute Gasteiger partial charge is 0.508 e. The van der Waals surface area contributed by atoms with E-state index < -0.39 is 5.91 Å². The van der Waals surface area contributed by atoms with Gasteiger partial charge in [-0.1, -0.05) is 6.07 Å². The van der Waals surface area contributed by atoms with Gasteiger partial charge in [0.25, 0.3) is 5.91 Å². The van der Waals surface area contributed by atoms with Crippen molar-refractivity contribution < 1.29 is 9.90 Å². The minimum atomic E-state index is -0.636. The number of amides is 1. The zero-order valence-electron chi connectivity index (χ0n) is 11.4. The van der Waals surface area contributed by atoms with Crippen LogP contribution in [0.3, 0.4) is 0 Å². The SMILES string of the molecule is Cc1ccc(O)cc1-c1cn2ccnc2c(C(N)=O)c1N. The van der Waals surface area contributed by atoms with Crippen molar-refractivity contribution in [1.29, 1.82) is 0 Å². The van der Waals surface area contributed by atoms with Gasteiger partial charge in [-0.3, -0.25) is 4.79 Å². The maximum Gasteiger partial charge on any atom is 0.254 e. The van der Waals surface area contributed by atoms with Crippen LogP contribution in [0.2, 0.25) is 0 Å². The molecule has 1 amide bonds. The number of hydrogen-bond acceptors (Lipinski definition) is 4. The number of aryl methyl sites for hydroxylation is 1. The molecule has 21 heavy (non-hydrogen) atoms. The summed E-state index contributed by atoms with van der Waals surface area (Å²) in [5.74, 6) is -0.510. The van der Waals surface area contributed by atoms with Crippen LogP contribution in [-0.4, -0.2) is 20.4 Å².